The first-order valence-corrected chi connectivity index (χ1v) is 13.0. The molecule has 0 bridgehead atoms. The Morgan fingerprint density at radius 3 is 2.59 bits per heavy atom. The molecule has 0 amide bonds. The maximum Gasteiger partial charge on any atom is 0.255 e. The summed E-state index contributed by atoms with van der Waals surface area (Å²) in [5.41, 5.74) is 3.81. The Morgan fingerprint density at radius 1 is 1.05 bits per heavy atom. The number of ketones is 1. The van der Waals surface area contributed by atoms with Crippen LogP contribution in [0.4, 0.5) is 15.9 Å². The first-order valence-electron chi connectivity index (χ1n) is 11.3. The van der Waals surface area contributed by atoms with Crippen LogP contribution in [0.15, 0.2) is 88.6 Å². The molecule has 0 saturated heterocycles. The number of halogens is 2. The molecule has 5 rings (SSSR count). The van der Waals surface area contributed by atoms with Crippen molar-refractivity contribution in [3.8, 4) is 0 Å². The van der Waals surface area contributed by atoms with E-state index in [1.54, 1.807) is 34.9 Å². The van der Waals surface area contributed by atoms with Crippen LogP contribution in [0.1, 0.15) is 27.3 Å². The van der Waals surface area contributed by atoms with Crippen molar-refractivity contribution in [3.05, 3.63) is 112 Å². The Kier molecular flexibility index (Phi) is 7.38. The standard InChI is InChI=1S/C27H20BrFN6OS/c1-17-15-25(35-26(30-17)33-27(34-35)37-16-18-5-9-20(29)10-6-18)32-22-11-7-19(8-12-22)23(36)14-13-21-3-2-4-24(28)31-21/h2-15,32H,16H2,1H3/b14-13+. The molecule has 184 valence electrons. The van der Waals surface area contributed by atoms with E-state index in [1.165, 1.54) is 30.0 Å². The molecule has 0 spiro atoms. The summed E-state index contributed by atoms with van der Waals surface area (Å²) in [5, 5.41) is 8.49. The SMILES string of the molecule is Cc1cc(Nc2ccc(C(=O)/C=C/c3cccc(Br)n3)cc2)n2nc(SCc3ccc(F)cc3)nc2n1. The first-order chi connectivity index (χ1) is 17.9. The van der Waals surface area contributed by atoms with E-state index in [-0.39, 0.29) is 11.6 Å². The third-order valence-corrected chi connectivity index (χ3v) is 6.64. The minimum Gasteiger partial charge on any atom is -0.340 e. The average molecular weight is 575 g/mol. The molecular formula is C27H20BrFN6OS. The summed E-state index contributed by atoms with van der Waals surface area (Å²) in [5.74, 6) is 1.40. The topological polar surface area (TPSA) is 85.1 Å². The van der Waals surface area contributed by atoms with Crippen LogP contribution in [-0.4, -0.2) is 30.3 Å². The van der Waals surface area contributed by atoms with E-state index in [0.717, 1.165) is 16.9 Å². The van der Waals surface area contributed by atoms with Crippen molar-refractivity contribution in [1.29, 1.82) is 0 Å². The summed E-state index contributed by atoms with van der Waals surface area (Å²) >= 11 is 4.78. The normalized spacial score (nSPS) is 11.3. The molecule has 10 heteroatoms. The first kappa shape index (κ1) is 24.8. The fourth-order valence-corrected chi connectivity index (χ4v) is 4.62. The van der Waals surface area contributed by atoms with E-state index in [2.05, 4.69) is 41.3 Å². The molecule has 0 saturated carbocycles. The molecular weight excluding hydrogens is 555 g/mol. The highest BCUT2D eigenvalue weighted by atomic mass is 79.9. The fourth-order valence-electron chi connectivity index (χ4n) is 3.49. The second-order valence-electron chi connectivity index (χ2n) is 8.09. The number of pyridine rings is 1. The maximum absolute atomic E-state index is 13.1. The average Bonchev–Trinajstić information content (AvgIpc) is 3.30. The lowest BCUT2D eigenvalue weighted by atomic mass is 10.1. The number of nitrogens with one attached hydrogen (secondary N) is 1. The number of aromatic nitrogens is 5. The van der Waals surface area contributed by atoms with Crippen LogP contribution in [0.5, 0.6) is 0 Å². The van der Waals surface area contributed by atoms with Gasteiger partial charge in [0.1, 0.15) is 16.2 Å². The second kappa shape index (κ2) is 11.0. The lowest BCUT2D eigenvalue weighted by Crippen LogP contribution is -2.03. The Hall–Kier alpha value is -3.89. The number of allylic oxidation sites excluding steroid dienone is 1. The van der Waals surface area contributed by atoms with Gasteiger partial charge in [0.15, 0.2) is 5.78 Å². The van der Waals surface area contributed by atoms with E-state index < -0.39 is 0 Å². The highest BCUT2D eigenvalue weighted by Crippen LogP contribution is 2.24. The highest BCUT2D eigenvalue weighted by Gasteiger charge is 2.12. The van der Waals surface area contributed by atoms with Gasteiger partial charge in [-0.3, -0.25) is 4.79 Å². The molecule has 5 aromatic rings. The zero-order valence-corrected chi connectivity index (χ0v) is 22.0. The maximum atomic E-state index is 13.1. The molecule has 2 aromatic carbocycles. The van der Waals surface area contributed by atoms with Crippen molar-refractivity contribution in [3.63, 3.8) is 0 Å². The van der Waals surface area contributed by atoms with Crippen molar-refractivity contribution in [2.45, 2.75) is 17.8 Å². The van der Waals surface area contributed by atoms with Gasteiger partial charge < -0.3 is 5.32 Å². The van der Waals surface area contributed by atoms with Crippen LogP contribution in [-0.2, 0) is 5.75 Å². The Morgan fingerprint density at radius 2 is 1.84 bits per heavy atom. The van der Waals surface area contributed by atoms with Crippen LogP contribution in [0, 0.1) is 12.7 Å². The molecule has 1 N–H and O–H groups in total. The van der Waals surface area contributed by atoms with Crippen molar-refractivity contribution in [2.24, 2.45) is 0 Å². The van der Waals surface area contributed by atoms with Crippen molar-refractivity contribution < 1.29 is 9.18 Å². The summed E-state index contributed by atoms with van der Waals surface area (Å²) < 4.78 is 15.5. The molecule has 0 aliphatic rings. The highest BCUT2D eigenvalue weighted by molar-refractivity contribution is 9.10. The Balaban J connectivity index is 1.29. The van der Waals surface area contributed by atoms with Gasteiger partial charge in [0.25, 0.3) is 5.78 Å². The number of hydrogen-bond acceptors (Lipinski definition) is 7. The van der Waals surface area contributed by atoms with E-state index in [9.17, 15) is 9.18 Å². The molecule has 3 heterocycles. The smallest absolute Gasteiger partial charge is 0.255 e. The molecule has 0 unspecified atom stereocenters. The van der Waals surface area contributed by atoms with Crippen LogP contribution >= 0.6 is 27.7 Å². The zero-order valence-electron chi connectivity index (χ0n) is 19.6. The Bertz CT molecular complexity index is 1600. The number of aryl methyl sites for hydroxylation is 1. The summed E-state index contributed by atoms with van der Waals surface area (Å²) in [6.45, 7) is 1.89. The molecule has 3 aromatic heterocycles. The largest absolute Gasteiger partial charge is 0.340 e. The van der Waals surface area contributed by atoms with Gasteiger partial charge >= 0.3 is 0 Å². The number of fused-ring (bicyclic) bond motifs is 1. The molecule has 0 aliphatic heterocycles. The zero-order chi connectivity index (χ0) is 25.8. The van der Waals surface area contributed by atoms with Gasteiger partial charge in [-0.1, -0.05) is 30.0 Å². The fraction of sp³-hybridized carbons (Fsp3) is 0.0741. The number of rotatable bonds is 8. The number of thioether (sulfide) groups is 1. The minimum atomic E-state index is -0.262. The van der Waals surface area contributed by atoms with E-state index >= 15 is 0 Å². The van der Waals surface area contributed by atoms with E-state index in [4.69, 9.17) is 0 Å². The number of carbonyl (C=O) groups is 1. The van der Waals surface area contributed by atoms with Crippen LogP contribution in [0.2, 0.25) is 0 Å². The van der Waals surface area contributed by atoms with Gasteiger partial charge in [0.2, 0.25) is 5.16 Å². The molecule has 7 nitrogen and oxygen atoms in total. The van der Waals surface area contributed by atoms with Gasteiger partial charge in [-0.25, -0.2) is 14.4 Å². The number of nitrogens with zero attached hydrogens (tertiary/aromatic N) is 5. The van der Waals surface area contributed by atoms with Crippen LogP contribution in [0.25, 0.3) is 11.9 Å². The lowest BCUT2D eigenvalue weighted by molar-refractivity contribution is 0.104. The number of hydrogen-bond donors (Lipinski definition) is 1. The summed E-state index contributed by atoms with van der Waals surface area (Å²) in [4.78, 5) is 25.9. The van der Waals surface area contributed by atoms with E-state index in [0.29, 0.717) is 38.4 Å². The predicted octanol–water partition coefficient (Wildman–Crippen LogP) is 6.66. The molecule has 0 aliphatic carbocycles. The second-order valence-corrected chi connectivity index (χ2v) is 9.84. The number of carbonyl (C=O) groups excluding carboxylic acids is 1. The third kappa shape index (κ3) is 6.28. The summed E-state index contributed by atoms with van der Waals surface area (Å²) in [6.07, 6.45) is 3.19. The molecule has 37 heavy (non-hydrogen) atoms. The molecule has 0 atom stereocenters. The van der Waals surface area contributed by atoms with E-state index in [1.807, 2.05) is 43.3 Å². The Labute approximate surface area is 225 Å². The molecule has 0 fully saturated rings. The van der Waals surface area contributed by atoms with Gasteiger partial charge in [0.05, 0.1) is 5.69 Å². The van der Waals surface area contributed by atoms with Crippen molar-refractivity contribution in [1.82, 2.24) is 24.6 Å². The number of anilines is 2. The van der Waals surface area contributed by atoms with Crippen LogP contribution in [0.3, 0.4) is 0 Å². The lowest BCUT2D eigenvalue weighted by Gasteiger charge is -2.09. The number of benzene rings is 2. The van der Waals surface area contributed by atoms with Crippen molar-refractivity contribution >= 4 is 56.8 Å². The van der Waals surface area contributed by atoms with Gasteiger partial charge in [0, 0.05) is 28.8 Å². The summed E-state index contributed by atoms with van der Waals surface area (Å²) in [6, 6.07) is 21.0. The van der Waals surface area contributed by atoms with Gasteiger partial charge in [-0.15, -0.1) is 5.10 Å². The monoisotopic (exact) mass is 574 g/mol. The minimum absolute atomic E-state index is 0.116. The summed E-state index contributed by atoms with van der Waals surface area (Å²) in [7, 11) is 0. The van der Waals surface area contributed by atoms with Gasteiger partial charge in [-0.05, 0) is 89.1 Å². The van der Waals surface area contributed by atoms with Crippen molar-refractivity contribution in [2.75, 3.05) is 5.32 Å². The molecule has 0 radical (unpaired) electrons. The quantitative estimate of drug-likeness (QED) is 0.0959. The third-order valence-electron chi connectivity index (χ3n) is 5.29. The van der Waals surface area contributed by atoms with Gasteiger partial charge in [-0.2, -0.15) is 9.50 Å². The predicted molar refractivity (Wildman–Crippen MR) is 147 cm³/mol. The van der Waals surface area contributed by atoms with Crippen LogP contribution < -0.4 is 5.32 Å².